The van der Waals surface area contributed by atoms with Gasteiger partial charge >= 0.3 is 6.09 Å². The molecule has 0 saturated heterocycles. The molecule has 0 spiro atoms. The Bertz CT molecular complexity index is 761. The smallest absolute Gasteiger partial charge is 0.414 e. The van der Waals surface area contributed by atoms with Gasteiger partial charge in [0.05, 0.1) is 12.2 Å². The molecule has 0 aliphatic carbocycles. The van der Waals surface area contributed by atoms with Crippen LogP contribution in [0, 0.1) is 0 Å². The summed E-state index contributed by atoms with van der Waals surface area (Å²) in [5.74, 6) is 0.960. The van der Waals surface area contributed by atoms with Crippen LogP contribution in [-0.4, -0.2) is 27.8 Å². The van der Waals surface area contributed by atoms with E-state index in [0.717, 1.165) is 30.0 Å². The maximum atomic E-state index is 12.5. The number of fused-ring (bicyclic) bond motifs is 1. The van der Waals surface area contributed by atoms with E-state index >= 15 is 0 Å². The van der Waals surface area contributed by atoms with Crippen molar-refractivity contribution >= 4 is 17.5 Å². The fourth-order valence-corrected chi connectivity index (χ4v) is 2.94. The number of hydrogen-bond acceptors (Lipinski definition) is 4. The van der Waals surface area contributed by atoms with Crippen molar-refractivity contribution in [1.29, 1.82) is 0 Å². The summed E-state index contributed by atoms with van der Waals surface area (Å²) in [5.41, 5.74) is 2.59. The normalized spacial score (nSPS) is 14.2. The van der Waals surface area contributed by atoms with E-state index in [2.05, 4.69) is 22.4 Å². The molecule has 1 amide bonds. The van der Waals surface area contributed by atoms with E-state index in [4.69, 9.17) is 4.74 Å². The first-order valence-electron chi connectivity index (χ1n) is 8.67. The van der Waals surface area contributed by atoms with Gasteiger partial charge in [-0.25, -0.2) is 9.78 Å². The molecule has 6 heteroatoms. The molecule has 25 heavy (non-hydrogen) atoms. The first kappa shape index (κ1) is 17.3. The third-order valence-corrected chi connectivity index (χ3v) is 4.19. The van der Waals surface area contributed by atoms with Gasteiger partial charge in [0.15, 0.2) is 0 Å². The zero-order valence-corrected chi connectivity index (χ0v) is 15.4. The van der Waals surface area contributed by atoms with Gasteiger partial charge in [0.1, 0.15) is 11.4 Å². The highest BCUT2D eigenvalue weighted by Crippen LogP contribution is 2.31. The molecule has 0 atom stereocenters. The number of aryl methyl sites for hydroxylation is 2. The number of amides is 1. The molecule has 2 aromatic rings. The Morgan fingerprint density at radius 2 is 2.16 bits per heavy atom. The van der Waals surface area contributed by atoms with Crippen LogP contribution in [-0.2, 0) is 24.8 Å². The van der Waals surface area contributed by atoms with Gasteiger partial charge in [0.2, 0.25) is 0 Å². The number of aromatic nitrogens is 2. The summed E-state index contributed by atoms with van der Waals surface area (Å²) in [6.45, 7) is 6.99. The molecule has 1 aromatic carbocycles. The second-order valence-corrected chi connectivity index (χ2v) is 7.39. The lowest BCUT2D eigenvalue weighted by atomic mass is 10.0. The zero-order valence-electron chi connectivity index (χ0n) is 15.4. The Kier molecular flexibility index (Phi) is 4.70. The molecule has 6 nitrogen and oxygen atoms in total. The number of carbonyl (C=O) groups excluding carboxylic acids is 1. The van der Waals surface area contributed by atoms with Crippen LogP contribution in [0.15, 0.2) is 30.6 Å². The van der Waals surface area contributed by atoms with Gasteiger partial charge in [-0.3, -0.25) is 4.90 Å². The van der Waals surface area contributed by atoms with Gasteiger partial charge in [0.25, 0.3) is 0 Å². The molecule has 134 valence electrons. The van der Waals surface area contributed by atoms with E-state index in [0.29, 0.717) is 13.1 Å². The number of ether oxygens (including phenoxy) is 1. The molecule has 0 radical (unpaired) electrons. The molecule has 0 bridgehead atoms. The first-order chi connectivity index (χ1) is 11.8. The summed E-state index contributed by atoms with van der Waals surface area (Å²) in [4.78, 5) is 18.6. The van der Waals surface area contributed by atoms with Crippen LogP contribution in [0.4, 0.5) is 16.2 Å². The molecule has 1 aromatic heterocycles. The predicted molar refractivity (Wildman–Crippen MR) is 98.9 cm³/mol. The van der Waals surface area contributed by atoms with Gasteiger partial charge in [-0.15, -0.1) is 0 Å². The van der Waals surface area contributed by atoms with Crippen LogP contribution in [0.2, 0.25) is 0 Å². The number of nitrogens with zero attached hydrogens (tertiary/aromatic N) is 3. The van der Waals surface area contributed by atoms with Crippen molar-refractivity contribution in [2.45, 2.75) is 45.8 Å². The fraction of sp³-hybridized carbons (Fsp3) is 0.474. The maximum Gasteiger partial charge on any atom is 0.414 e. The van der Waals surface area contributed by atoms with Gasteiger partial charge < -0.3 is 14.6 Å². The highest BCUT2D eigenvalue weighted by molar-refractivity contribution is 5.90. The third kappa shape index (κ3) is 4.13. The maximum absolute atomic E-state index is 12.5. The van der Waals surface area contributed by atoms with Crippen molar-refractivity contribution in [3.63, 3.8) is 0 Å². The number of imidazole rings is 1. The number of carbonyl (C=O) groups is 1. The van der Waals surface area contributed by atoms with Crippen molar-refractivity contribution in [2.75, 3.05) is 16.8 Å². The van der Waals surface area contributed by atoms with E-state index in [9.17, 15) is 4.79 Å². The van der Waals surface area contributed by atoms with E-state index in [-0.39, 0.29) is 6.09 Å². The average Bonchev–Trinajstić information content (AvgIpc) is 2.95. The summed E-state index contributed by atoms with van der Waals surface area (Å²) in [6.07, 6.45) is 5.36. The molecule has 1 aliphatic heterocycles. The van der Waals surface area contributed by atoms with Crippen LogP contribution < -0.4 is 10.2 Å². The lowest BCUT2D eigenvalue weighted by Crippen LogP contribution is -2.39. The molecule has 0 saturated carbocycles. The number of anilines is 2. The molecule has 0 unspecified atom stereocenters. The Morgan fingerprint density at radius 3 is 2.84 bits per heavy atom. The SMILES string of the molecule is Cn1ccnc1CNc1ccc2c(c1)N(C(=O)OC(C)(C)C)CCC2. The van der Waals surface area contributed by atoms with Gasteiger partial charge in [-0.05, 0) is 51.3 Å². The van der Waals surface area contributed by atoms with E-state index in [1.807, 2.05) is 44.6 Å². The third-order valence-electron chi connectivity index (χ3n) is 4.19. The lowest BCUT2D eigenvalue weighted by Gasteiger charge is -2.32. The Labute approximate surface area is 148 Å². The minimum atomic E-state index is -0.497. The van der Waals surface area contributed by atoms with Crippen molar-refractivity contribution in [3.05, 3.63) is 42.0 Å². The van der Waals surface area contributed by atoms with Crippen molar-refractivity contribution < 1.29 is 9.53 Å². The summed E-state index contributed by atoms with van der Waals surface area (Å²) >= 11 is 0. The van der Waals surface area contributed by atoms with Crippen LogP contribution in [0.5, 0.6) is 0 Å². The number of hydrogen-bond donors (Lipinski definition) is 1. The fourth-order valence-electron chi connectivity index (χ4n) is 2.94. The Balaban J connectivity index is 1.78. The second kappa shape index (κ2) is 6.78. The summed E-state index contributed by atoms with van der Waals surface area (Å²) < 4.78 is 7.55. The number of benzene rings is 1. The lowest BCUT2D eigenvalue weighted by molar-refractivity contribution is 0.0578. The highest BCUT2D eigenvalue weighted by atomic mass is 16.6. The van der Waals surface area contributed by atoms with Crippen LogP contribution in [0.3, 0.4) is 0 Å². The topological polar surface area (TPSA) is 59.4 Å². The molecule has 1 aliphatic rings. The quantitative estimate of drug-likeness (QED) is 0.923. The second-order valence-electron chi connectivity index (χ2n) is 7.39. The monoisotopic (exact) mass is 342 g/mol. The zero-order chi connectivity index (χ0) is 18.0. The summed E-state index contributed by atoms with van der Waals surface area (Å²) in [6, 6.07) is 6.17. The Morgan fingerprint density at radius 1 is 1.36 bits per heavy atom. The van der Waals surface area contributed by atoms with Gasteiger partial charge in [-0.1, -0.05) is 6.07 Å². The number of rotatable bonds is 3. The van der Waals surface area contributed by atoms with Crippen LogP contribution >= 0.6 is 0 Å². The van der Waals surface area contributed by atoms with Crippen LogP contribution in [0.25, 0.3) is 0 Å². The van der Waals surface area contributed by atoms with Crippen molar-refractivity contribution in [3.8, 4) is 0 Å². The summed E-state index contributed by atoms with van der Waals surface area (Å²) in [7, 11) is 1.97. The molecule has 3 rings (SSSR count). The number of nitrogens with one attached hydrogen (secondary N) is 1. The van der Waals surface area contributed by atoms with Crippen molar-refractivity contribution in [1.82, 2.24) is 9.55 Å². The van der Waals surface area contributed by atoms with Gasteiger partial charge in [0, 0.05) is 31.7 Å². The predicted octanol–water partition coefficient (Wildman–Crippen LogP) is 3.72. The Hall–Kier alpha value is -2.50. The summed E-state index contributed by atoms with van der Waals surface area (Å²) in [5, 5.41) is 3.38. The van der Waals surface area contributed by atoms with Crippen molar-refractivity contribution in [2.24, 2.45) is 7.05 Å². The molecule has 2 heterocycles. The molecule has 0 fully saturated rings. The van der Waals surface area contributed by atoms with E-state index < -0.39 is 5.60 Å². The molecular weight excluding hydrogens is 316 g/mol. The van der Waals surface area contributed by atoms with Crippen LogP contribution in [0.1, 0.15) is 38.6 Å². The molecular formula is C19H26N4O2. The highest BCUT2D eigenvalue weighted by Gasteiger charge is 2.27. The minimum absolute atomic E-state index is 0.283. The van der Waals surface area contributed by atoms with Gasteiger partial charge in [-0.2, -0.15) is 0 Å². The largest absolute Gasteiger partial charge is 0.443 e. The average molecular weight is 342 g/mol. The van der Waals surface area contributed by atoms with E-state index in [1.54, 1.807) is 11.1 Å². The standard InChI is InChI=1S/C19H26N4O2/c1-19(2,3)25-18(24)23-10-5-6-14-7-8-15(12-16(14)23)21-13-17-20-9-11-22(17)4/h7-9,11-12,21H,5-6,10,13H2,1-4H3. The first-order valence-corrected chi connectivity index (χ1v) is 8.67. The van der Waals surface area contributed by atoms with E-state index in [1.165, 1.54) is 5.56 Å². The minimum Gasteiger partial charge on any atom is -0.443 e. The molecule has 1 N–H and O–H groups in total.